The van der Waals surface area contributed by atoms with Gasteiger partial charge in [-0.05, 0) is 13.8 Å². The van der Waals surface area contributed by atoms with E-state index in [0.29, 0.717) is 6.92 Å². The average molecular weight is 532 g/mol. The fourth-order valence-corrected chi connectivity index (χ4v) is 5.80. The quantitative estimate of drug-likeness (QED) is 0.221. The van der Waals surface area contributed by atoms with Gasteiger partial charge in [0.2, 0.25) is 0 Å². The van der Waals surface area contributed by atoms with Gasteiger partial charge in [-0.1, -0.05) is 0 Å². The van der Waals surface area contributed by atoms with Crippen molar-refractivity contribution >= 4 is 29.3 Å². The Hall–Kier alpha value is -1.20. The zero-order valence-electron chi connectivity index (χ0n) is 15.8. The van der Waals surface area contributed by atoms with Crippen LogP contribution in [0, 0.1) is 5.95 Å². The minimum atomic E-state index is -5.84. The Balaban J connectivity index is 2.24. The summed E-state index contributed by atoms with van der Waals surface area (Å²) in [7, 11) is -17.1. The molecular formula is C10H17F2N4O13P3. The molecule has 17 nitrogen and oxygen atoms in total. The monoisotopic (exact) mass is 532 g/mol. The SMILES string of the molecule is C[C@@H](OP(=O)(O)OP(=O)(O)OP(=O)(O)O)[C@H]1O[C@@H](n2nc(F)c(N)nc2=O)C(C)(F)C1O. The lowest BCUT2D eigenvalue weighted by Gasteiger charge is -2.25. The van der Waals surface area contributed by atoms with Crippen LogP contribution in [0.15, 0.2) is 4.79 Å². The molecular weight excluding hydrogens is 515 g/mol. The van der Waals surface area contributed by atoms with Crippen molar-refractivity contribution in [2.45, 2.75) is 44.1 Å². The lowest BCUT2D eigenvalue weighted by atomic mass is 9.96. The molecule has 7 N–H and O–H groups in total. The summed E-state index contributed by atoms with van der Waals surface area (Å²) in [5.74, 6) is -2.37. The zero-order chi connectivity index (χ0) is 24.9. The van der Waals surface area contributed by atoms with Gasteiger partial charge in [-0.3, -0.25) is 4.52 Å². The molecule has 1 aliphatic rings. The van der Waals surface area contributed by atoms with E-state index in [1.807, 2.05) is 0 Å². The minimum Gasteiger partial charge on any atom is -0.387 e. The van der Waals surface area contributed by atoms with E-state index in [1.165, 1.54) is 0 Å². The second-order valence-corrected chi connectivity index (χ2v) is 10.8. The van der Waals surface area contributed by atoms with Crippen molar-refractivity contribution < 1.29 is 65.0 Å². The molecule has 1 aromatic heterocycles. The predicted octanol–water partition coefficient (Wildman–Crippen LogP) is -0.922. The highest BCUT2D eigenvalue weighted by Gasteiger charge is 2.58. The molecule has 32 heavy (non-hydrogen) atoms. The molecule has 2 rings (SSSR count). The largest absolute Gasteiger partial charge is 0.490 e. The van der Waals surface area contributed by atoms with Crippen LogP contribution in [0.5, 0.6) is 0 Å². The van der Waals surface area contributed by atoms with E-state index >= 15 is 4.39 Å². The fraction of sp³-hybridized carbons (Fsp3) is 0.700. The van der Waals surface area contributed by atoms with Gasteiger partial charge in [0.05, 0.1) is 6.10 Å². The van der Waals surface area contributed by atoms with Gasteiger partial charge in [0.25, 0.3) is 5.95 Å². The Morgan fingerprint density at radius 3 is 2.31 bits per heavy atom. The summed E-state index contributed by atoms with van der Waals surface area (Å²) < 4.78 is 79.3. The fourth-order valence-electron chi connectivity index (χ4n) is 2.60. The van der Waals surface area contributed by atoms with Gasteiger partial charge < -0.3 is 35.2 Å². The number of rotatable bonds is 8. The van der Waals surface area contributed by atoms with Crippen LogP contribution in [0.25, 0.3) is 0 Å². The number of ether oxygens (including phenoxy) is 1. The number of phosphoric acid groups is 3. The molecule has 22 heteroatoms. The van der Waals surface area contributed by atoms with E-state index in [4.69, 9.17) is 25.2 Å². The third-order valence-corrected chi connectivity index (χ3v) is 7.80. The first kappa shape index (κ1) is 27.0. The number of aromatic nitrogens is 3. The predicted molar refractivity (Wildman–Crippen MR) is 94.5 cm³/mol. The third-order valence-electron chi connectivity index (χ3n) is 3.88. The number of anilines is 1. The van der Waals surface area contributed by atoms with Gasteiger partial charge in [-0.15, -0.1) is 5.10 Å². The normalized spacial score (nSPS) is 31.1. The number of phosphoric ester groups is 1. The molecule has 0 aromatic carbocycles. The van der Waals surface area contributed by atoms with E-state index in [0.717, 1.165) is 6.92 Å². The van der Waals surface area contributed by atoms with Crippen molar-refractivity contribution in [3.63, 3.8) is 0 Å². The molecule has 1 aromatic rings. The molecule has 4 unspecified atom stereocenters. The van der Waals surface area contributed by atoms with Gasteiger partial charge >= 0.3 is 29.2 Å². The molecule has 184 valence electrons. The molecule has 0 aliphatic carbocycles. The maximum Gasteiger partial charge on any atom is 0.490 e. The lowest BCUT2D eigenvalue weighted by molar-refractivity contribution is -0.0867. The van der Waals surface area contributed by atoms with E-state index in [2.05, 4.69) is 23.2 Å². The Labute approximate surface area is 176 Å². The highest BCUT2D eigenvalue weighted by molar-refractivity contribution is 7.66. The molecule has 1 aliphatic heterocycles. The standard InChI is InChI=1S/C10H17F2N4O13P3/c1-3(27-31(22,23)29-32(24,25)28-30(19,20)21)4-5(17)10(2,12)8(26-4)16-9(18)14-7(13)6(11)15-16/h3-5,8,17H,1-2H3,(H,22,23)(H,24,25)(H2,13,14,18)(H2,19,20,21)/t3-,4-,5?,8-,10?/m1/s1. The van der Waals surface area contributed by atoms with Crippen LogP contribution in [0.4, 0.5) is 14.6 Å². The first-order valence-corrected chi connectivity index (χ1v) is 12.5. The average Bonchev–Trinajstić information content (AvgIpc) is 2.77. The van der Waals surface area contributed by atoms with Crippen LogP contribution in [-0.2, 0) is 31.6 Å². The summed E-state index contributed by atoms with van der Waals surface area (Å²) in [6.07, 6.45) is -8.10. The lowest BCUT2D eigenvalue weighted by Crippen LogP contribution is -2.45. The summed E-state index contributed by atoms with van der Waals surface area (Å²) in [6, 6.07) is 0. The summed E-state index contributed by atoms with van der Waals surface area (Å²) in [4.78, 5) is 50.6. The number of aliphatic hydroxyl groups is 1. The van der Waals surface area contributed by atoms with Gasteiger partial charge in [0.1, 0.15) is 12.2 Å². The zero-order valence-corrected chi connectivity index (χ0v) is 18.5. The van der Waals surface area contributed by atoms with Crippen molar-refractivity contribution in [1.29, 1.82) is 0 Å². The van der Waals surface area contributed by atoms with Crippen molar-refractivity contribution in [1.82, 2.24) is 14.8 Å². The van der Waals surface area contributed by atoms with Gasteiger partial charge in [-0.2, -0.15) is 22.7 Å². The van der Waals surface area contributed by atoms with Gasteiger partial charge in [0, 0.05) is 0 Å². The maximum atomic E-state index is 15.1. The highest BCUT2D eigenvalue weighted by Crippen LogP contribution is 2.66. The Morgan fingerprint density at radius 1 is 1.22 bits per heavy atom. The first-order valence-electron chi connectivity index (χ1n) is 8.02. The Bertz CT molecular complexity index is 1080. The molecule has 0 amide bonds. The number of nitrogen functional groups attached to an aromatic ring is 1. The van der Waals surface area contributed by atoms with Crippen molar-refractivity contribution in [3.05, 3.63) is 16.4 Å². The second kappa shape index (κ2) is 8.87. The van der Waals surface area contributed by atoms with Crippen molar-refractivity contribution in [3.8, 4) is 0 Å². The highest BCUT2D eigenvalue weighted by atomic mass is 31.3. The number of hydrogen-bond donors (Lipinski definition) is 6. The van der Waals surface area contributed by atoms with Crippen molar-refractivity contribution in [2.75, 3.05) is 5.73 Å². The van der Waals surface area contributed by atoms with Crippen molar-refractivity contribution in [2.24, 2.45) is 0 Å². The molecule has 7 atom stereocenters. The number of alkyl halides is 1. The topological polar surface area (TPSA) is 263 Å². The Kier molecular flexibility index (Phi) is 7.49. The third kappa shape index (κ3) is 6.22. The molecule has 1 saturated heterocycles. The maximum absolute atomic E-state index is 15.1. The van der Waals surface area contributed by atoms with E-state index in [1.54, 1.807) is 0 Å². The van der Waals surface area contributed by atoms with Crippen LogP contribution in [-0.4, -0.2) is 63.4 Å². The summed E-state index contributed by atoms with van der Waals surface area (Å²) in [6.45, 7) is 1.60. The number of hydrogen-bond acceptors (Lipinski definition) is 12. The Morgan fingerprint density at radius 2 is 1.78 bits per heavy atom. The molecule has 0 bridgehead atoms. The number of nitrogens with zero attached hydrogens (tertiary/aromatic N) is 3. The summed E-state index contributed by atoms with van der Waals surface area (Å²) in [5.41, 5.74) is 0.817. The molecule has 0 spiro atoms. The van der Waals surface area contributed by atoms with E-state index in [9.17, 15) is 32.9 Å². The van der Waals surface area contributed by atoms with Crippen LogP contribution >= 0.6 is 23.5 Å². The van der Waals surface area contributed by atoms with E-state index < -0.39 is 71.1 Å². The first-order chi connectivity index (χ1) is 14.3. The second-order valence-electron chi connectivity index (χ2n) is 6.47. The smallest absolute Gasteiger partial charge is 0.387 e. The number of halogens is 2. The molecule has 0 radical (unpaired) electrons. The number of nitrogens with two attached hydrogens (primary N) is 1. The van der Waals surface area contributed by atoms with Crippen LogP contribution in [0.1, 0.15) is 20.1 Å². The van der Waals surface area contributed by atoms with Crippen LogP contribution in [0.3, 0.4) is 0 Å². The number of aliphatic hydroxyl groups excluding tert-OH is 1. The van der Waals surface area contributed by atoms with Gasteiger partial charge in [0.15, 0.2) is 17.7 Å². The molecule has 1 fully saturated rings. The van der Waals surface area contributed by atoms with Crippen LogP contribution in [0.2, 0.25) is 0 Å². The molecule has 0 saturated carbocycles. The summed E-state index contributed by atoms with van der Waals surface area (Å²) in [5, 5.41) is 13.3. The van der Waals surface area contributed by atoms with Crippen LogP contribution < -0.4 is 11.4 Å². The molecule has 2 heterocycles. The van der Waals surface area contributed by atoms with Gasteiger partial charge in [-0.25, -0.2) is 22.9 Å². The van der Waals surface area contributed by atoms with E-state index in [-0.39, 0.29) is 4.68 Å². The summed E-state index contributed by atoms with van der Waals surface area (Å²) >= 11 is 0. The minimum absolute atomic E-state index is 0.0759.